The summed E-state index contributed by atoms with van der Waals surface area (Å²) in [6.07, 6.45) is 0.903. The van der Waals surface area contributed by atoms with E-state index in [-0.39, 0.29) is 5.91 Å². The van der Waals surface area contributed by atoms with Crippen molar-refractivity contribution in [2.45, 2.75) is 19.9 Å². The van der Waals surface area contributed by atoms with Gasteiger partial charge in [0, 0.05) is 18.7 Å². The van der Waals surface area contributed by atoms with Gasteiger partial charge in [0.2, 0.25) is 0 Å². The summed E-state index contributed by atoms with van der Waals surface area (Å²) in [4.78, 5) is 14.5. The second-order valence-corrected chi connectivity index (χ2v) is 5.66. The normalized spacial score (nSPS) is 10.4. The molecule has 0 aromatic heterocycles. The first-order chi connectivity index (χ1) is 10.1. The van der Waals surface area contributed by atoms with Crippen LogP contribution >= 0.6 is 23.2 Å². The molecule has 1 amide bonds. The molecule has 0 bridgehead atoms. The predicted octanol–water partition coefficient (Wildman–Crippen LogP) is 5.05. The van der Waals surface area contributed by atoms with Crippen molar-refractivity contribution in [3.8, 4) is 0 Å². The molecule has 0 heterocycles. The van der Waals surface area contributed by atoms with Crippen LogP contribution in [0.1, 0.15) is 29.3 Å². The maximum absolute atomic E-state index is 12.6. The second kappa shape index (κ2) is 7.48. The van der Waals surface area contributed by atoms with E-state index in [1.54, 1.807) is 18.2 Å². The van der Waals surface area contributed by atoms with Crippen LogP contribution in [0.2, 0.25) is 10.0 Å². The molecule has 0 fully saturated rings. The largest absolute Gasteiger partial charge is 0.334 e. The first-order valence-corrected chi connectivity index (χ1v) is 7.65. The Bertz CT molecular complexity index is 613. The van der Waals surface area contributed by atoms with Gasteiger partial charge in [-0.2, -0.15) is 0 Å². The van der Waals surface area contributed by atoms with E-state index in [2.05, 4.69) is 6.92 Å². The maximum atomic E-state index is 12.6. The van der Waals surface area contributed by atoms with Crippen LogP contribution in [0, 0.1) is 0 Å². The summed E-state index contributed by atoms with van der Waals surface area (Å²) in [6.45, 7) is 3.35. The molecule has 2 nitrogen and oxygen atoms in total. The molecular formula is C17H17Cl2NO. The summed E-state index contributed by atoms with van der Waals surface area (Å²) in [5, 5.41) is 0.858. The molecule has 0 saturated heterocycles. The fourth-order valence-corrected chi connectivity index (χ4v) is 2.44. The highest BCUT2D eigenvalue weighted by Gasteiger charge is 2.16. The van der Waals surface area contributed by atoms with Gasteiger partial charge in [0.25, 0.3) is 5.91 Å². The molecule has 0 aliphatic carbocycles. The summed E-state index contributed by atoms with van der Waals surface area (Å²) in [6, 6.07) is 14.9. The van der Waals surface area contributed by atoms with Crippen molar-refractivity contribution in [2.24, 2.45) is 0 Å². The lowest BCUT2D eigenvalue weighted by atomic mass is 10.1. The first kappa shape index (κ1) is 15.9. The third kappa shape index (κ3) is 4.23. The monoisotopic (exact) mass is 321 g/mol. The van der Waals surface area contributed by atoms with Gasteiger partial charge in [-0.1, -0.05) is 60.5 Å². The number of hydrogen-bond acceptors (Lipinski definition) is 1. The third-order valence-corrected chi connectivity index (χ3v) is 3.90. The fraction of sp³-hybridized carbons (Fsp3) is 0.235. The average molecular weight is 322 g/mol. The van der Waals surface area contributed by atoms with E-state index >= 15 is 0 Å². The molecule has 2 rings (SSSR count). The minimum absolute atomic E-state index is 0.0285. The van der Waals surface area contributed by atoms with Gasteiger partial charge < -0.3 is 4.90 Å². The SMILES string of the molecule is CCCN(Cc1ccccc1)C(=O)c1ccc(Cl)c(Cl)c1. The van der Waals surface area contributed by atoms with E-state index < -0.39 is 0 Å². The molecule has 0 aliphatic heterocycles. The topological polar surface area (TPSA) is 20.3 Å². The van der Waals surface area contributed by atoms with Crippen LogP contribution in [0.4, 0.5) is 0 Å². The number of benzene rings is 2. The van der Waals surface area contributed by atoms with Gasteiger partial charge >= 0.3 is 0 Å². The van der Waals surface area contributed by atoms with E-state index in [9.17, 15) is 4.79 Å². The van der Waals surface area contributed by atoms with Gasteiger partial charge in [0.1, 0.15) is 0 Å². The number of rotatable bonds is 5. The Hall–Kier alpha value is -1.51. The number of amides is 1. The van der Waals surface area contributed by atoms with Crippen LogP contribution in [0.15, 0.2) is 48.5 Å². The minimum atomic E-state index is -0.0285. The van der Waals surface area contributed by atoms with Gasteiger partial charge in [-0.05, 0) is 30.2 Å². The summed E-state index contributed by atoms with van der Waals surface area (Å²) >= 11 is 11.9. The lowest BCUT2D eigenvalue weighted by molar-refractivity contribution is 0.0743. The van der Waals surface area contributed by atoms with Gasteiger partial charge in [0.15, 0.2) is 0 Å². The average Bonchev–Trinajstić information content (AvgIpc) is 2.50. The molecule has 2 aromatic rings. The van der Waals surface area contributed by atoms with Crippen molar-refractivity contribution in [2.75, 3.05) is 6.54 Å². The zero-order valence-corrected chi connectivity index (χ0v) is 13.4. The zero-order valence-electron chi connectivity index (χ0n) is 11.9. The van der Waals surface area contributed by atoms with Crippen molar-refractivity contribution in [1.82, 2.24) is 4.90 Å². The van der Waals surface area contributed by atoms with Gasteiger partial charge in [0.05, 0.1) is 10.0 Å². The zero-order chi connectivity index (χ0) is 15.2. The van der Waals surface area contributed by atoms with Gasteiger partial charge in [-0.25, -0.2) is 0 Å². The Kier molecular flexibility index (Phi) is 5.66. The molecule has 4 heteroatoms. The molecule has 2 aromatic carbocycles. The molecule has 0 saturated carbocycles. The van der Waals surface area contributed by atoms with E-state index in [4.69, 9.17) is 23.2 Å². The summed E-state index contributed by atoms with van der Waals surface area (Å²) in [7, 11) is 0. The van der Waals surface area contributed by atoms with Crippen LogP contribution in [-0.4, -0.2) is 17.4 Å². The highest BCUT2D eigenvalue weighted by molar-refractivity contribution is 6.42. The Balaban J connectivity index is 2.20. The Morgan fingerprint density at radius 2 is 1.76 bits per heavy atom. The van der Waals surface area contributed by atoms with Crippen LogP contribution < -0.4 is 0 Å². The lowest BCUT2D eigenvalue weighted by Gasteiger charge is -2.22. The van der Waals surface area contributed by atoms with E-state index in [1.807, 2.05) is 35.2 Å². The quantitative estimate of drug-likeness (QED) is 0.755. The Morgan fingerprint density at radius 3 is 2.38 bits per heavy atom. The van der Waals surface area contributed by atoms with Crippen LogP contribution in [0.3, 0.4) is 0 Å². The van der Waals surface area contributed by atoms with Crippen LogP contribution in [0.5, 0.6) is 0 Å². The molecule has 0 N–H and O–H groups in total. The standard InChI is InChI=1S/C17H17Cl2NO/c1-2-10-20(12-13-6-4-3-5-7-13)17(21)14-8-9-15(18)16(19)11-14/h3-9,11H,2,10,12H2,1H3. The second-order valence-electron chi connectivity index (χ2n) is 4.84. The maximum Gasteiger partial charge on any atom is 0.254 e. The first-order valence-electron chi connectivity index (χ1n) is 6.90. The number of carbonyl (C=O) groups is 1. The summed E-state index contributed by atoms with van der Waals surface area (Å²) in [5.74, 6) is -0.0285. The van der Waals surface area contributed by atoms with E-state index in [0.717, 1.165) is 12.0 Å². The minimum Gasteiger partial charge on any atom is -0.334 e. The molecule has 110 valence electrons. The summed E-state index contributed by atoms with van der Waals surface area (Å²) < 4.78 is 0. The number of halogens is 2. The number of hydrogen-bond donors (Lipinski definition) is 0. The molecule has 0 aliphatic rings. The van der Waals surface area contributed by atoms with Crippen molar-refractivity contribution >= 4 is 29.1 Å². The Labute approximate surface area is 135 Å². The van der Waals surface area contributed by atoms with E-state index in [1.165, 1.54) is 0 Å². The van der Waals surface area contributed by atoms with Crippen molar-refractivity contribution in [3.05, 3.63) is 69.7 Å². The van der Waals surface area contributed by atoms with Crippen LogP contribution in [0.25, 0.3) is 0 Å². The lowest BCUT2D eigenvalue weighted by Crippen LogP contribution is -2.31. The predicted molar refractivity (Wildman–Crippen MR) is 87.9 cm³/mol. The highest BCUT2D eigenvalue weighted by Crippen LogP contribution is 2.23. The molecule has 0 radical (unpaired) electrons. The third-order valence-electron chi connectivity index (χ3n) is 3.16. The molecule has 21 heavy (non-hydrogen) atoms. The Morgan fingerprint density at radius 1 is 1.05 bits per heavy atom. The molecule has 0 spiro atoms. The van der Waals surface area contributed by atoms with Gasteiger partial charge in [-0.15, -0.1) is 0 Å². The highest BCUT2D eigenvalue weighted by atomic mass is 35.5. The van der Waals surface area contributed by atoms with E-state index in [0.29, 0.717) is 28.7 Å². The van der Waals surface area contributed by atoms with Crippen molar-refractivity contribution in [3.63, 3.8) is 0 Å². The van der Waals surface area contributed by atoms with Gasteiger partial charge in [-0.3, -0.25) is 4.79 Å². The van der Waals surface area contributed by atoms with Crippen molar-refractivity contribution in [1.29, 1.82) is 0 Å². The molecule has 0 unspecified atom stereocenters. The molecule has 0 atom stereocenters. The number of carbonyl (C=O) groups excluding carboxylic acids is 1. The fourth-order valence-electron chi connectivity index (χ4n) is 2.14. The molecular weight excluding hydrogens is 305 g/mol. The smallest absolute Gasteiger partial charge is 0.254 e. The van der Waals surface area contributed by atoms with Crippen molar-refractivity contribution < 1.29 is 4.79 Å². The summed E-state index contributed by atoms with van der Waals surface area (Å²) in [5.41, 5.74) is 1.67. The number of nitrogens with zero attached hydrogens (tertiary/aromatic N) is 1. The van der Waals surface area contributed by atoms with Crippen LogP contribution in [-0.2, 0) is 6.54 Å².